The molecule has 0 unspecified atom stereocenters. The maximum atomic E-state index is 11.7. The highest BCUT2D eigenvalue weighted by Crippen LogP contribution is 2.36. The molecule has 1 aliphatic heterocycles. The summed E-state index contributed by atoms with van der Waals surface area (Å²) >= 11 is 12.7. The third-order valence-electron chi connectivity index (χ3n) is 4.64. The van der Waals surface area contributed by atoms with Crippen LogP contribution in [0, 0.1) is 5.41 Å². The third-order valence-corrected chi connectivity index (χ3v) is 5.28. The van der Waals surface area contributed by atoms with Crippen LogP contribution in [0.5, 0.6) is 0 Å². The molecule has 0 aromatic heterocycles. The molecule has 3 N–H and O–H groups in total. The number of amides is 1. The van der Waals surface area contributed by atoms with Crippen molar-refractivity contribution in [2.75, 3.05) is 31.9 Å². The van der Waals surface area contributed by atoms with Crippen LogP contribution in [-0.2, 0) is 4.79 Å². The highest BCUT2D eigenvalue weighted by atomic mass is 35.5. The second kappa shape index (κ2) is 8.03. The Hall–Kier alpha value is -2.50. The van der Waals surface area contributed by atoms with Gasteiger partial charge in [-0.25, -0.2) is 0 Å². The quantitative estimate of drug-likeness (QED) is 0.353. The number of hydrogen-bond acceptors (Lipinski definition) is 3. The molecular formula is C20H20Cl2N4O. The zero-order valence-corrected chi connectivity index (χ0v) is 16.2. The van der Waals surface area contributed by atoms with Gasteiger partial charge in [0, 0.05) is 53.6 Å². The minimum absolute atomic E-state index is 0.0896. The number of nitrogens with two attached hydrogens (primary N) is 1. The van der Waals surface area contributed by atoms with Crippen LogP contribution in [0.1, 0.15) is 5.56 Å². The molecule has 2 aromatic carbocycles. The fraction of sp³-hybridized carbons (Fsp3) is 0.200. The lowest BCUT2D eigenvalue weighted by atomic mass is 10.0. The van der Waals surface area contributed by atoms with E-state index in [4.69, 9.17) is 34.3 Å². The third kappa shape index (κ3) is 3.94. The van der Waals surface area contributed by atoms with E-state index in [9.17, 15) is 4.79 Å². The molecule has 0 spiro atoms. The van der Waals surface area contributed by atoms with Crippen LogP contribution in [0.4, 0.5) is 5.69 Å². The summed E-state index contributed by atoms with van der Waals surface area (Å²) < 4.78 is 0. The second-order valence-corrected chi connectivity index (χ2v) is 7.08. The van der Waals surface area contributed by atoms with Crippen molar-refractivity contribution in [3.05, 3.63) is 64.7 Å². The highest BCUT2D eigenvalue weighted by Gasteiger charge is 2.23. The summed E-state index contributed by atoms with van der Waals surface area (Å²) in [5, 5.41) is 9.68. The predicted octanol–water partition coefficient (Wildman–Crippen LogP) is 3.90. The van der Waals surface area contributed by atoms with Crippen LogP contribution in [0.2, 0.25) is 10.0 Å². The van der Waals surface area contributed by atoms with Crippen molar-refractivity contribution in [1.82, 2.24) is 9.80 Å². The van der Waals surface area contributed by atoms with Gasteiger partial charge < -0.3 is 15.5 Å². The van der Waals surface area contributed by atoms with Crippen molar-refractivity contribution in [1.29, 1.82) is 5.41 Å². The largest absolute Gasteiger partial charge is 0.398 e. The molecule has 5 nitrogen and oxygen atoms in total. The van der Waals surface area contributed by atoms with Crippen molar-refractivity contribution in [2.24, 2.45) is 0 Å². The first kappa shape index (κ1) is 19.3. The topological polar surface area (TPSA) is 73.4 Å². The highest BCUT2D eigenvalue weighted by molar-refractivity contribution is 6.37. The van der Waals surface area contributed by atoms with Gasteiger partial charge in [-0.1, -0.05) is 48.0 Å². The number of nitrogen functional groups attached to an aromatic ring is 1. The molecule has 7 heteroatoms. The molecule has 1 saturated heterocycles. The summed E-state index contributed by atoms with van der Waals surface area (Å²) in [5.41, 5.74) is 8.70. The summed E-state index contributed by atoms with van der Waals surface area (Å²) in [4.78, 5) is 15.4. The van der Waals surface area contributed by atoms with Gasteiger partial charge in [0.1, 0.15) is 5.84 Å². The molecule has 27 heavy (non-hydrogen) atoms. The van der Waals surface area contributed by atoms with E-state index in [1.807, 2.05) is 29.2 Å². The van der Waals surface area contributed by atoms with Crippen molar-refractivity contribution < 1.29 is 4.79 Å². The first-order valence-electron chi connectivity index (χ1n) is 8.51. The fourth-order valence-corrected chi connectivity index (χ4v) is 3.64. The number of nitrogens with zero attached hydrogens (tertiary/aromatic N) is 2. The lowest BCUT2D eigenvalue weighted by molar-refractivity contribution is -0.127. The Morgan fingerprint density at radius 3 is 2.30 bits per heavy atom. The molecule has 0 aliphatic carbocycles. The van der Waals surface area contributed by atoms with Gasteiger partial charge in [0.25, 0.3) is 0 Å². The van der Waals surface area contributed by atoms with E-state index < -0.39 is 0 Å². The van der Waals surface area contributed by atoms with E-state index in [0.29, 0.717) is 53.3 Å². The van der Waals surface area contributed by atoms with Crippen LogP contribution in [0.25, 0.3) is 11.1 Å². The van der Waals surface area contributed by atoms with Crippen LogP contribution in [-0.4, -0.2) is 47.7 Å². The number of halogens is 2. The molecule has 1 fully saturated rings. The first-order valence-corrected chi connectivity index (χ1v) is 9.27. The summed E-state index contributed by atoms with van der Waals surface area (Å²) in [5.74, 6) is 0.219. The Labute approximate surface area is 168 Å². The van der Waals surface area contributed by atoms with Gasteiger partial charge in [0.05, 0.1) is 5.02 Å². The van der Waals surface area contributed by atoms with Gasteiger partial charge in [-0.05, 0) is 24.3 Å². The maximum absolute atomic E-state index is 11.7. The molecule has 2 aromatic rings. The average Bonchev–Trinajstić information content (AvgIpc) is 2.68. The van der Waals surface area contributed by atoms with E-state index in [1.54, 1.807) is 17.0 Å². The number of piperazine rings is 1. The summed E-state index contributed by atoms with van der Waals surface area (Å²) in [6, 6.07) is 10.9. The Bertz CT molecular complexity index is 905. The molecule has 0 atom stereocenters. The van der Waals surface area contributed by atoms with Gasteiger partial charge in [-0.15, -0.1) is 0 Å². The number of carbonyl (C=O) groups is 1. The molecule has 140 valence electrons. The normalized spacial score (nSPS) is 14.1. The Kier molecular flexibility index (Phi) is 5.73. The molecule has 0 radical (unpaired) electrons. The number of rotatable bonds is 3. The van der Waals surface area contributed by atoms with Gasteiger partial charge in [-0.3, -0.25) is 10.2 Å². The number of carbonyl (C=O) groups excluding carboxylic acids is 1. The average molecular weight is 403 g/mol. The van der Waals surface area contributed by atoms with E-state index in [-0.39, 0.29) is 5.91 Å². The van der Waals surface area contributed by atoms with E-state index >= 15 is 0 Å². The van der Waals surface area contributed by atoms with Crippen LogP contribution < -0.4 is 5.73 Å². The minimum atomic E-state index is -0.0896. The van der Waals surface area contributed by atoms with Crippen LogP contribution >= 0.6 is 23.2 Å². The van der Waals surface area contributed by atoms with Gasteiger partial charge in [-0.2, -0.15) is 0 Å². The smallest absolute Gasteiger partial charge is 0.246 e. The molecule has 1 heterocycles. The zero-order valence-electron chi connectivity index (χ0n) is 14.7. The molecule has 1 amide bonds. The minimum Gasteiger partial charge on any atom is -0.398 e. The lowest BCUT2D eigenvalue weighted by Gasteiger charge is -2.36. The maximum Gasteiger partial charge on any atom is 0.246 e. The van der Waals surface area contributed by atoms with Gasteiger partial charge in [0.2, 0.25) is 5.91 Å². The molecule has 0 saturated carbocycles. The fourth-order valence-electron chi connectivity index (χ4n) is 3.13. The SMILES string of the molecule is C=CC(=O)N1CCN(C(=N)c2cc(-c3ccccc3Cl)c(Cl)cc2N)CC1. The summed E-state index contributed by atoms with van der Waals surface area (Å²) in [7, 11) is 0. The molecule has 3 rings (SSSR count). The molecular weight excluding hydrogens is 383 g/mol. The summed E-state index contributed by atoms with van der Waals surface area (Å²) in [6.45, 7) is 5.71. The predicted molar refractivity (Wildman–Crippen MR) is 111 cm³/mol. The van der Waals surface area contributed by atoms with Gasteiger partial charge >= 0.3 is 0 Å². The first-order chi connectivity index (χ1) is 12.9. The Morgan fingerprint density at radius 2 is 1.67 bits per heavy atom. The van der Waals surface area contributed by atoms with Crippen molar-refractivity contribution in [3.8, 4) is 11.1 Å². The van der Waals surface area contributed by atoms with E-state index in [1.165, 1.54) is 6.08 Å². The van der Waals surface area contributed by atoms with Crippen LogP contribution in [0.15, 0.2) is 49.1 Å². The molecule has 1 aliphatic rings. The summed E-state index contributed by atoms with van der Waals surface area (Å²) in [6.07, 6.45) is 1.31. The van der Waals surface area contributed by atoms with Gasteiger partial charge in [0.15, 0.2) is 0 Å². The lowest BCUT2D eigenvalue weighted by Crippen LogP contribution is -2.50. The number of nitrogens with one attached hydrogen (secondary N) is 1. The molecule has 0 bridgehead atoms. The van der Waals surface area contributed by atoms with E-state index in [2.05, 4.69) is 6.58 Å². The van der Waals surface area contributed by atoms with Crippen LogP contribution in [0.3, 0.4) is 0 Å². The standard InChI is InChI=1S/C20H20Cl2N4O/c1-2-19(27)25-7-9-26(10-8-25)20(24)15-11-14(17(22)12-18(15)23)13-5-3-4-6-16(13)21/h2-6,11-12,24H,1,7-10,23H2. The number of anilines is 1. The van der Waals surface area contributed by atoms with Crippen molar-refractivity contribution in [2.45, 2.75) is 0 Å². The van der Waals surface area contributed by atoms with Crippen molar-refractivity contribution in [3.63, 3.8) is 0 Å². The second-order valence-electron chi connectivity index (χ2n) is 6.26. The monoisotopic (exact) mass is 402 g/mol. The Balaban J connectivity index is 1.88. The number of benzene rings is 2. The zero-order chi connectivity index (χ0) is 19.6. The number of amidine groups is 1. The number of hydrogen-bond donors (Lipinski definition) is 2. The Morgan fingerprint density at radius 1 is 1.04 bits per heavy atom. The van der Waals surface area contributed by atoms with E-state index in [0.717, 1.165) is 11.1 Å². The van der Waals surface area contributed by atoms with Crippen molar-refractivity contribution >= 4 is 40.6 Å².